The number of rotatable bonds is 4. The van der Waals surface area contributed by atoms with Gasteiger partial charge < -0.3 is 14.1 Å². The number of hydrogen-bond acceptors (Lipinski definition) is 4. The van der Waals surface area contributed by atoms with Crippen LogP contribution >= 0.6 is 0 Å². The molecule has 5 heteroatoms. The summed E-state index contributed by atoms with van der Waals surface area (Å²) in [6.07, 6.45) is 3.28. The zero-order valence-electron chi connectivity index (χ0n) is 14.4. The first-order valence-electron chi connectivity index (χ1n) is 7.93. The average molecular weight is 337 g/mol. The van der Waals surface area contributed by atoms with Crippen molar-refractivity contribution in [1.82, 2.24) is 4.90 Å². The highest BCUT2D eigenvalue weighted by atomic mass is 16.5. The van der Waals surface area contributed by atoms with Crippen molar-refractivity contribution in [1.29, 1.82) is 0 Å². The predicted molar refractivity (Wildman–Crippen MR) is 93.1 cm³/mol. The zero-order chi connectivity index (χ0) is 18.0. The summed E-state index contributed by atoms with van der Waals surface area (Å²) in [5.41, 5.74) is 3.16. The molecule has 0 radical (unpaired) electrons. The van der Waals surface area contributed by atoms with Gasteiger partial charge in [0.1, 0.15) is 5.76 Å². The molecule has 0 saturated heterocycles. The average Bonchev–Trinajstić information content (AvgIpc) is 3.19. The maximum absolute atomic E-state index is 12.9. The summed E-state index contributed by atoms with van der Waals surface area (Å²) in [6.45, 7) is 4.00. The van der Waals surface area contributed by atoms with Gasteiger partial charge in [0.15, 0.2) is 0 Å². The van der Waals surface area contributed by atoms with Gasteiger partial charge in [0.25, 0.3) is 5.91 Å². The minimum absolute atomic E-state index is 0.241. The molecule has 0 aliphatic carbocycles. The number of furan rings is 1. The molecule has 2 aromatic rings. The second-order valence-electron chi connectivity index (χ2n) is 5.89. The number of hydrogen-bond donors (Lipinski definition) is 0. The van der Waals surface area contributed by atoms with Crippen molar-refractivity contribution < 1.29 is 18.7 Å². The molecular formula is C20H19NO4. The Hall–Kier alpha value is -3.08. The molecule has 1 aromatic carbocycles. The van der Waals surface area contributed by atoms with Gasteiger partial charge in [0, 0.05) is 5.70 Å². The molecule has 2 heterocycles. The van der Waals surface area contributed by atoms with Crippen LogP contribution in [0, 0.1) is 6.92 Å². The summed E-state index contributed by atoms with van der Waals surface area (Å²) in [7, 11) is 1.31. The van der Waals surface area contributed by atoms with E-state index in [1.54, 1.807) is 31.4 Å². The van der Waals surface area contributed by atoms with Crippen LogP contribution in [0.1, 0.15) is 23.8 Å². The normalized spacial score (nSPS) is 16.0. The number of carbonyl (C=O) groups excluding carboxylic acids is 2. The third-order valence-corrected chi connectivity index (χ3v) is 4.18. The van der Waals surface area contributed by atoms with Gasteiger partial charge in [-0.25, -0.2) is 4.79 Å². The van der Waals surface area contributed by atoms with Gasteiger partial charge in [-0.1, -0.05) is 29.8 Å². The lowest BCUT2D eigenvalue weighted by atomic mass is 10.0. The molecule has 0 bridgehead atoms. The first kappa shape index (κ1) is 16.8. The summed E-state index contributed by atoms with van der Waals surface area (Å²) in [6, 6.07) is 11.3. The Bertz CT molecular complexity index is 858. The van der Waals surface area contributed by atoms with Crippen molar-refractivity contribution in [2.24, 2.45) is 0 Å². The largest absolute Gasteiger partial charge is 0.467 e. The number of nitrogens with zero attached hydrogens (tertiary/aromatic N) is 1. The van der Waals surface area contributed by atoms with Crippen molar-refractivity contribution in [2.45, 2.75) is 20.4 Å². The second-order valence-corrected chi connectivity index (χ2v) is 5.89. The predicted octanol–water partition coefficient (Wildman–Crippen LogP) is 3.46. The van der Waals surface area contributed by atoms with E-state index in [9.17, 15) is 9.59 Å². The molecule has 0 spiro atoms. The van der Waals surface area contributed by atoms with E-state index in [1.165, 1.54) is 12.0 Å². The summed E-state index contributed by atoms with van der Waals surface area (Å²) in [5, 5.41) is 0. The smallest absolute Gasteiger partial charge is 0.340 e. The van der Waals surface area contributed by atoms with E-state index in [4.69, 9.17) is 9.15 Å². The van der Waals surface area contributed by atoms with Crippen molar-refractivity contribution in [3.05, 3.63) is 76.4 Å². The maximum atomic E-state index is 12.9. The minimum Gasteiger partial charge on any atom is -0.467 e. The van der Waals surface area contributed by atoms with Crippen LogP contribution < -0.4 is 0 Å². The Labute approximate surface area is 146 Å². The molecular weight excluding hydrogens is 318 g/mol. The fourth-order valence-electron chi connectivity index (χ4n) is 2.81. The van der Waals surface area contributed by atoms with Gasteiger partial charge in [-0.05, 0) is 37.6 Å². The number of ether oxygens (including phenoxy) is 1. The lowest BCUT2D eigenvalue weighted by molar-refractivity contribution is -0.136. The summed E-state index contributed by atoms with van der Waals surface area (Å²) >= 11 is 0. The highest BCUT2D eigenvalue weighted by Gasteiger charge is 2.37. The third-order valence-electron chi connectivity index (χ3n) is 4.18. The topological polar surface area (TPSA) is 59.8 Å². The molecule has 1 aliphatic heterocycles. The van der Waals surface area contributed by atoms with Gasteiger partial charge in [0.2, 0.25) is 0 Å². The van der Waals surface area contributed by atoms with Crippen molar-refractivity contribution in [2.75, 3.05) is 7.11 Å². The Morgan fingerprint density at radius 3 is 2.52 bits per heavy atom. The molecule has 0 N–H and O–H groups in total. The van der Waals surface area contributed by atoms with Crippen LogP contribution in [0.25, 0.3) is 6.08 Å². The Balaban J connectivity index is 2.02. The maximum Gasteiger partial charge on any atom is 0.340 e. The van der Waals surface area contributed by atoms with Crippen LogP contribution in [0.4, 0.5) is 0 Å². The molecule has 0 fully saturated rings. The van der Waals surface area contributed by atoms with Crippen LogP contribution in [-0.4, -0.2) is 23.9 Å². The summed E-state index contributed by atoms with van der Waals surface area (Å²) in [4.78, 5) is 26.7. The molecule has 1 amide bonds. The summed E-state index contributed by atoms with van der Waals surface area (Å²) < 4.78 is 10.2. The Kier molecular flexibility index (Phi) is 4.57. The van der Waals surface area contributed by atoms with Gasteiger partial charge in [-0.15, -0.1) is 0 Å². The molecule has 3 rings (SSSR count). The van der Waals surface area contributed by atoms with E-state index in [1.807, 2.05) is 31.2 Å². The molecule has 0 unspecified atom stereocenters. The molecule has 0 atom stereocenters. The van der Waals surface area contributed by atoms with Gasteiger partial charge in [-0.3, -0.25) is 4.79 Å². The number of benzene rings is 1. The van der Waals surface area contributed by atoms with Gasteiger partial charge in [0.05, 0.1) is 31.1 Å². The number of allylic oxidation sites excluding steroid dienone is 1. The van der Waals surface area contributed by atoms with E-state index in [0.717, 1.165) is 11.1 Å². The SMILES string of the molecule is COC(=O)C1=C(C)N(Cc2ccco2)C(=O)/C1=C\c1ccc(C)cc1. The highest BCUT2D eigenvalue weighted by Crippen LogP contribution is 2.32. The van der Waals surface area contributed by atoms with Crippen LogP contribution in [0.15, 0.2) is 63.9 Å². The molecule has 1 aromatic heterocycles. The lowest BCUT2D eigenvalue weighted by Crippen LogP contribution is -2.24. The van der Waals surface area contributed by atoms with Gasteiger partial charge >= 0.3 is 5.97 Å². The van der Waals surface area contributed by atoms with Gasteiger partial charge in [-0.2, -0.15) is 0 Å². The van der Waals surface area contributed by atoms with Crippen LogP contribution in [0.3, 0.4) is 0 Å². The Morgan fingerprint density at radius 2 is 1.92 bits per heavy atom. The zero-order valence-corrected chi connectivity index (χ0v) is 14.4. The lowest BCUT2D eigenvalue weighted by Gasteiger charge is -2.16. The number of aryl methyl sites for hydroxylation is 1. The molecule has 5 nitrogen and oxygen atoms in total. The summed E-state index contributed by atoms with van der Waals surface area (Å²) in [5.74, 6) is -0.116. The van der Waals surface area contributed by atoms with Crippen molar-refractivity contribution in [3.63, 3.8) is 0 Å². The van der Waals surface area contributed by atoms with E-state index in [2.05, 4.69) is 0 Å². The van der Waals surface area contributed by atoms with E-state index >= 15 is 0 Å². The van der Waals surface area contributed by atoms with Crippen LogP contribution in [0.5, 0.6) is 0 Å². The first-order valence-corrected chi connectivity index (χ1v) is 7.93. The minimum atomic E-state index is -0.522. The monoisotopic (exact) mass is 337 g/mol. The quantitative estimate of drug-likeness (QED) is 0.633. The fraction of sp³-hybridized carbons (Fsp3) is 0.200. The third kappa shape index (κ3) is 3.26. The van der Waals surface area contributed by atoms with Crippen molar-refractivity contribution >= 4 is 18.0 Å². The Morgan fingerprint density at radius 1 is 1.20 bits per heavy atom. The second kappa shape index (κ2) is 6.81. The standard InChI is InChI=1S/C20H19NO4/c1-13-6-8-15(9-7-13)11-17-18(20(23)24-3)14(2)21(19(17)22)12-16-5-4-10-25-16/h4-11H,12H2,1-3H3/b17-11-. The first-order chi connectivity index (χ1) is 12.0. The molecule has 25 heavy (non-hydrogen) atoms. The fourth-order valence-corrected chi connectivity index (χ4v) is 2.81. The van der Waals surface area contributed by atoms with Crippen molar-refractivity contribution in [3.8, 4) is 0 Å². The molecule has 0 saturated carbocycles. The molecule has 1 aliphatic rings. The highest BCUT2D eigenvalue weighted by molar-refractivity contribution is 6.16. The van der Waals surface area contributed by atoms with E-state index in [-0.39, 0.29) is 12.5 Å². The van der Waals surface area contributed by atoms with Crippen LogP contribution in [-0.2, 0) is 20.9 Å². The van der Waals surface area contributed by atoms with E-state index < -0.39 is 5.97 Å². The number of esters is 1. The number of carbonyl (C=O) groups is 2. The number of methoxy groups -OCH3 is 1. The van der Waals surface area contributed by atoms with E-state index in [0.29, 0.717) is 22.6 Å². The number of amides is 1. The molecule has 128 valence electrons. The van der Waals surface area contributed by atoms with Crippen LogP contribution in [0.2, 0.25) is 0 Å².